The highest BCUT2D eigenvalue weighted by atomic mass is 19.1. The number of aliphatic hydroxyl groups is 1. The minimum atomic E-state index is -0.794. The first-order valence-corrected chi connectivity index (χ1v) is 8.62. The van der Waals surface area contributed by atoms with Gasteiger partial charge in [-0.15, -0.1) is 0 Å². The summed E-state index contributed by atoms with van der Waals surface area (Å²) in [5.41, 5.74) is 0.500. The van der Waals surface area contributed by atoms with E-state index in [1.807, 2.05) is 19.0 Å². The second-order valence-corrected chi connectivity index (χ2v) is 6.68. The first-order valence-electron chi connectivity index (χ1n) is 8.62. The van der Waals surface area contributed by atoms with E-state index in [0.29, 0.717) is 18.5 Å². The number of ketones is 1. The van der Waals surface area contributed by atoms with Gasteiger partial charge in [-0.05, 0) is 56.9 Å². The minimum absolute atomic E-state index is 0.0339. The second-order valence-electron chi connectivity index (χ2n) is 6.68. The number of hydrogen-bond donors (Lipinski definition) is 1. The first kappa shape index (κ1) is 18.8. The summed E-state index contributed by atoms with van der Waals surface area (Å²) < 4.78 is 18.5. The van der Waals surface area contributed by atoms with Crippen LogP contribution in [0.2, 0.25) is 0 Å². The van der Waals surface area contributed by atoms with E-state index in [0.717, 1.165) is 6.54 Å². The Balaban J connectivity index is 1.99. The first-order chi connectivity index (χ1) is 12.9. The molecule has 1 aliphatic rings. The van der Waals surface area contributed by atoms with Gasteiger partial charge in [0.2, 0.25) is 5.78 Å². The Morgan fingerprint density at radius 1 is 1.26 bits per heavy atom. The molecule has 0 unspecified atom stereocenters. The smallest absolute Gasteiger partial charge is 0.290 e. The average Bonchev–Trinajstić information content (AvgIpc) is 3.25. The molecule has 0 spiro atoms. The number of halogens is 1. The molecular weight excluding hydrogens is 351 g/mol. The van der Waals surface area contributed by atoms with Gasteiger partial charge in [0.15, 0.2) is 11.5 Å². The Labute approximate surface area is 156 Å². The molecular formula is C20H21FN2O4. The Morgan fingerprint density at radius 3 is 2.56 bits per heavy atom. The van der Waals surface area contributed by atoms with Crippen LogP contribution in [-0.2, 0) is 4.79 Å². The van der Waals surface area contributed by atoms with Crippen molar-refractivity contribution in [1.29, 1.82) is 0 Å². The van der Waals surface area contributed by atoms with Gasteiger partial charge in [0, 0.05) is 6.54 Å². The van der Waals surface area contributed by atoms with E-state index in [9.17, 15) is 19.1 Å². The number of amides is 1. The van der Waals surface area contributed by atoms with Crippen LogP contribution in [0, 0.1) is 5.82 Å². The molecule has 27 heavy (non-hydrogen) atoms. The van der Waals surface area contributed by atoms with Gasteiger partial charge in [0.1, 0.15) is 5.82 Å². The maximum atomic E-state index is 13.4. The lowest BCUT2D eigenvalue weighted by Gasteiger charge is -2.27. The topological polar surface area (TPSA) is 74.0 Å². The number of Topliss-reactive ketones (excluding diaryl/α,β-unsaturated/α-hetero) is 1. The minimum Gasteiger partial charge on any atom is -0.503 e. The van der Waals surface area contributed by atoms with Crippen molar-refractivity contribution in [2.45, 2.75) is 12.5 Å². The van der Waals surface area contributed by atoms with Crippen molar-refractivity contribution in [1.82, 2.24) is 9.80 Å². The van der Waals surface area contributed by atoms with Crippen molar-refractivity contribution in [3.8, 4) is 0 Å². The highest BCUT2D eigenvalue weighted by Gasteiger charge is 2.44. The largest absolute Gasteiger partial charge is 0.503 e. The van der Waals surface area contributed by atoms with Crippen LogP contribution in [0.3, 0.4) is 0 Å². The lowest BCUT2D eigenvalue weighted by Crippen LogP contribution is -2.33. The molecule has 2 heterocycles. The van der Waals surface area contributed by atoms with Crippen molar-refractivity contribution < 1.29 is 23.5 Å². The normalized spacial score (nSPS) is 17.3. The van der Waals surface area contributed by atoms with E-state index in [2.05, 4.69) is 0 Å². The van der Waals surface area contributed by atoms with E-state index >= 15 is 0 Å². The molecule has 0 radical (unpaired) electrons. The Bertz CT molecular complexity index is 857. The molecule has 1 aromatic carbocycles. The third kappa shape index (κ3) is 3.78. The van der Waals surface area contributed by atoms with Crippen LogP contribution in [-0.4, -0.2) is 53.8 Å². The Hall–Kier alpha value is -2.93. The van der Waals surface area contributed by atoms with Crippen LogP contribution >= 0.6 is 0 Å². The van der Waals surface area contributed by atoms with Crippen molar-refractivity contribution in [2.75, 3.05) is 27.2 Å². The number of rotatable bonds is 7. The fraction of sp³-hybridized carbons (Fsp3) is 0.300. The number of furan rings is 1. The number of nitrogens with zero attached hydrogens (tertiary/aromatic N) is 2. The van der Waals surface area contributed by atoms with Crippen molar-refractivity contribution >= 4 is 11.7 Å². The van der Waals surface area contributed by atoms with Crippen LogP contribution in [0.5, 0.6) is 0 Å². The van der Waals surface area contributed by atoms with Gasteiger partial charge in [-0.2, -0.15) is 0 Å². The molecule has 0 aliphatic carbocycles. The molecule has 1 aromatic heterocycles. The van der Waals surface area contributed by atoms with Gasteiger partial charge in [-0.3, -0.25) is 9.59 Å². The molecule has 1 N–H and O–H groups in total. The van der Waals surface area contributed by atoms with E-state index in [4.69, 9.17) is 4.42 Å². The highest BCUT2D eigenvalue weighted by molar-refractivity contribution is 6.14. The summed E-state index contributed by atoms with van der Waals surface area (Å²) in [5, 5.41) is 10.4. The third-order valence-electron chi connectivity index (χ3n) is 4.48. The predicted octanol–water partition coefficient (Wildman–Crippen LogP) is 2.95. The molecule has 6 nitrogen and oxygen atoms in total. The number of hydrogen-bond acceptors (Lipinski definition) is 5. The van der Waals surface area contributed by atoms with Crippen LogP contribution < -0.4 is 0 Å². The zero-order chi connectivity index (χ0) is 19.6. The van der Waals surface area contributed by atoms with E-state index in [1.54, 1.807) is 6.07 Å². The average molecular weight is 372 g/mol. The molecule has 3 rings (SSSR count). The Morgan fingerprint density at radius 2 is 1.96 bits per heavy atom. The molecule has 0 saturated carbocycles. The lowest BCUT2D eigenvalue weighted by atomic mass is 9.95. The summed E-state index contributed by atoms with van der Waals surface area (Å²) in [7, 11) is 3.84. The molecule has 1 aliphatic heterocycles. The maximum absolute atomic E-state index is 13.4. The van der Waals surface area contributed by atoms with Crippen molar-refractivity contribution in [3.05, 3.63) is 71.1 Å². The van der Waals surface area contributed by atoms with Gasteiger partial charge < -0.3 is 19.3 Å². The van der Waals surface area contributed by atoms with Crippen LogP contribution in [0.4, 0.5) is 4.39 Å². The molecule has 7 heteroatoms. The monoisotopic (exact) mass is 372 g/mol. The quantitative estimate of drug-likeness (QED) is 0.757. The molecule has 142 valence electrons. The van der Waals surface area contributed by atoms with Crippen molar-refractivity contribution in [2.24, 2.45) is 0 Å². The van der Waals surface area contributed by atoms with Crippen LogP contribution in [0.15, 0.2) is 58.4 Å². The van der Waals surface area contributed by atoms with E-state index in [-0.39, 0.29) is 11.3 Å². The number of carbonyl (C=O) groups excluding carboxylic acids is 2. The molecule has 0 fully saturated rings. The van der Waals surface area contributed by atoms with E-state index < -0.39 is 29.3 Å². The summed E-state index contributed by atoms with van der Waals surface area (Å²) in [6.07, 6.45) is 2.01. The summed E-state index contributed by atoms with van der Waals surface area (Å²) in [5.74, 6) is -2.15. The van der Waals surface area contributed by atoms with Gasteiger partial charge in [0.05, 0.1) is 17.9 Å². The molecule has 1 atom stereocenters. The predicted molar refractivity (Wildman–Crippen MR) is 96.7 cm³/mol. The lowest BCUT2D eigenvalue weighted by molar-refractivity contribution is -0.129. The van der Waals surface area contributed by atoms with Crippen LogP contribution in [0.1, 0.15) is 28.6 Å². The van der Waals surface area contributed by atoms with Gasteiger partial charge >= 0.3 is 0 Å². The number of benzene rings is 1. The number of carbonyl (C=O) groups is 2. The maximum Gasteiger partial charge on any atom is 0.290 e. The van der Waals surface area contributed by atoms with Crippen LogP contribution in [0.25, 0.3) is 0 Å². The van der Waals surface area contributed by atoms with Gasteiger partial charge in [-0.25, -0.2) is 4.39 Å². The molecule has 0 bridgehead atoms. The fourth-order valence-corrected chi connectivity index (χ4v) is 3.21. The SMILES string of the molecule is CN(C)CCCN1C(=O)C(O)=C(C(=O)c2ccco2)[C@H]1c1ccc(F)cc1. The Kier molecular flexibility index (Phi) is 5.41. The molecule has 2 aromatic rings. The highest BCUT2D eigenvalue weighted by Crippen LogP contribution is 2.39. The third-order valence-corrected chi connectivity index (χ3v) is 4.48. The van der Waals surface area contributed by atoms with Crippen molar-refractivity contribution in [3.63, 3.8) is 0 Å². The van der Waals surface area contributed by atoms with Gasteiger partial charge in [0.25, 0.3) is 5.91 Å². The van der Waals surface area contributed by atoms with Gasteiger partial charge in [-0.1, -0.05) is 12.1 Å². The molecule has 0 saturated heterocycles. The number of aliphatic hydroxyl groups excluding tert-OH is 1. The second kappa shape index (κ2) is 7.75. The fourth-order valence-electron chi connectivity index (χ4n) is 3.21. The standard InChI is InChI=1S/C20H21FN2O4/c1-22(2)10-4-11-23-17(13-6-8-14(21)9-7-13)16(19(25)20(23)26)18(24)15-5-3-12-27-15/h3,5-9,12,17,25H,4,10-11H2,1-2H3/t17-/m1/s1. The summed E-state index contributed by atoms with van der Waals surface area (Å²) in [6.45, 7) is 1.08. The molecule has 1 amide bonds. The summed E-state index contributed by atoms with van der Waals surface area (Å²) >= 11 is 0. The summed E-state index contributed by atoms with van der Waals surface area (Å²) in [6, 6.07) is 7.80. The summed E-state index contributed by atoms with van der Waals surface area (Å²) in [4.78, 5) is 29.0. The zero-order valence-electron chi connectivity index (χ0n) is 15.2. The zero-order valence-corrected chi connectivity index (χ0v) is 15.2. The van der Waals surface area contributed by atoms with E-state index in [1.165, 1.54) is 41.5 Å².